The van der Waals surface area contributed by atoms with Crippen LogP contribution in [0, 0.1) is 5.92 Å². The average Bonchev–Trinajstić information content (AvgIpc) is 2.65. The van der Waals surface area contributed by atoms with Crippen molar-refractivity contribution in [2.75, 3.05) is 0 Å². The van der Waals surface area contributed by atoms with E-state index in [9.17, 15) is 4.79 Å². The second-order valence-electron chi connectivity index (χ2n) is 4.45. The van der Waals surface area contributed by atoms with Gasteiger partial charge < -0.3 is 5.32 Å². The van der Waals surface area contributed by atoms with Crippen LogP contribution in [0.4, 0.5) is 0 Å². The van der Waals surface area contributed by atoms with Gasteiger partial charge in [0.05, 0.1) is 5.02 Å². The molecule has 1 N–H and O–H groups in total. The molecule has 1 aromatic heterocycles. The number of amides is 1. The molecule has 2 atom stereocenters. The van der Waals surface area contributed by atoms with Crippen molar-refractivity contribution in [3.05, 3.63) is 29.0 Å². The summed E-state index contributed by atoms with van der Waals surface area (Å²) in [5, 5.41) is 3.55. The van der Waals surface area contributed by atoms with Gasteiger partial charge in [0.2, 0.25) is 0 Å². The fraction of sp³-hybridized carbons (Fsp3) is 0.500. The van der Waals surface area contributed by atoms with E-state index in [2.05, 4.69) is 17.2 Å². The first-order valence-corrected chi connectivity index (χ1v) is 5.95. The third-order valence-corrected chi connectivity index (χ3v) is 3.21. The van der Waals surface area contributed by atoms with Crippen LogP contribution >= 0.6 is 11.6 Å². The molecule has 1 saturated carbocycles. The summed E-state index contributed by atoms with van der Waals surface area (Å²) in [5.41, 5.74) is 0.434. The maximum Gasteiger partial charge on any atom is 0.270 e. The lowest BCUT2D eigenvalue weighted by Gasteiger charge is -2.11. The van der Waals surface area contributed by atoms with Gasteiger partial charge in [0.1, 0.15) is 5.69 Å². The first-order chi connectivity index (χ1) is 7.65. The molecular formula is C12H15ClN2O. The van der Waals surface area contributed by atoms with E-state index in [0.29, 0.717) is 22.7 Å². The van der Waals surface area contributed by atoms with E-state index in [1.54, 1.807) is 12.1 Å². The normalized spacial score (nSPS) is 24.4. The van der Waals surface area contributed by atoms with Crippen molar-refractivity contribution in [1.82, 2.24) is 10.3 Å². The molecule has 3 nitrogen and oxygen atoms in total. The molecule has 16 heavy (non-hydrogen) atoms. The Labute approximate surface area is 100 Å². The monoisotopic (exact) mass is 238 g/mol. The molecule has 0 aromatic carbocycles. The molecule has 0 bridgehead atoms. The largest absolute Gasteiger partial charge is 0.348 e. The summed E-state index contributed by atoms with van der Waals surface area (Å²) < 4.78 is 0. The summed E-state index contributed by atoms with van der Waals surface area (Å²) in [5.74, 6) is 0.610. The van der Waals surface area contributed by atoms with Gasteiger partial charge in [0.25, 0.3) is 5.91 Å². The molecule has 0 aliphatic heterocycles. The van der Waals surface area contributed by atoms with Crippen LogP contribution in [-0.4, -0.2) is 16.9 Å². The van der Waals surface area contributed by atoms with Crippen molar-refractivity contribution < 1.29 is 4.79 Å². The number of aromatic nitrogens is 1. The lowest BCUT2D eigenvalue weighted by molar-refractivity contribution is 0.0932. The van der Waals surface area contributed by atoms with Gasteiger partial charge in [-0.1, -0.05) is 18.5 Å². The van der Waals surface area contributed by atoms with E-state index in [0.717, 1.165) is 12.8 Å². The molecule has 0 saturated heterocycles. The predicted molar refractivity (Wildman–Crippen MR) is 63.5 cm³/mol. The lowest BCUT2D eigenvalue weighted by Crippen LogP contribution is -2.33. The molecule has 0 spiro atoms. The predicted octanol–water partition coefficient (Wildman–Crippen LogP) is 2.65. The second kappa shape index (κ2) is 4.83. The number of pyridine rings is 1. The van der Waals surface area contributed by atoms with Gasteiger partial charge in [0, 0.05) is 12.2 Å². The molecule has 1 heterocycles. The molecular weight excluding hydrogens is 224 g/mol. The van der Waals surface area contributed by atoms with Crippen LogP contribution in [0.3, 0.4) is 0 Å². The van der Waals surface area contributed by atoms with Crippen LogP contribution in [0.25, 0.3) is 0 Å². The summed E-state index contributed by atoms with van der Waals surface area (Å²) in [6.45, 7) is 2.21. The maximum absolute atomic E-state index is 11.8. The fourth-order valence-corrected chi connectivity index (χ4v) is 2.22. The van der Waals surface area contributed by atoms with E-state index in [1.165, 1.54) is 12.6 Å². The number of hydrogen-bond donors (Lipinski definition) is 1. The van der Waals surface area contributed by atoms with Gasteiger partial charge in [-0.05, 0) is 37.3 Å². The minimum Gasteiger partial charge on any atom is -0.348 e. The minimum atomic E-state index is -0.101. The Balaban J connectivity index is 1.95. The molecule has 1 fully saturated rings. The quantitative estimate of drug-likeness (QED) is 0.861. The lowest BCUT2D eigenvalue weighted by atomic mass is 10.1. The number of carbonyl (C=O) groups is 1. The van der Waals surface area contributed by atoms with Crippen LogP contribution < -0.4 is 5.32 Å². The fourth-order valence-electron chi connectivity index (χ4n) is 2.11. The van der Waals surface area contributed by atoms with Crippen molar-refractivity contribution >= 4 is 17.5 Å². The van der Waals surface area contributed by atoms with E-state index >= 15 is 0 Å². The average molecular weight is 239 g/mol. The van der Waals surface area contributed by atoms with Crippen molar-refractivity contribution in [1.29, 1.82) is 0 Å². The van der Waals surface area contributed by atoms with Crippen LogP contribution in [0.5, 0.6) is 0 Å². The van der Waals surface area contributed by atoms with Crippen LogP contribution in [0.2, 0.25) is 5.02 Å². The highest BCUT2D eigenvalue weighted by Gasteiger charge is 2.23. The SMILES string of the molecule is CC1CCC(NC(=O)c2ccc(Cl)cn2)C1. The van der Waals surface area contributed by atoms with E-state index < -0.39 is 0 Å². The molecule has 0 radical (unpaired) electrons. The Morgan fingerprint density at radius 3 is 2.88 bits per heavy atom. The van der Waals surface area contributed by atoms with Gasteiger partial charge in [-0.25, -0.2) is 4.98 Å². The standard InChI is InChI=1S/C12H15ClN2O/c1-8-2-4-10(6-8)15-12(16)11-5-3-9(13)7-14-11/h3,5,7-8,10H,2,4,6H2,1H3,(H,15,16). The smallest absolute Gasteiger partial charge is 0.270 e. The van der Waals surface area contributed by atoms with Gasteiger partial charge in [-0.3, -0.25) is 4.79 Å². The van der Waals surface area contributed by atoms with E-state index in [1.807, 2.05) is 0 Å². The number of carbonyl (C=O) groups excluding carboxylic acids is 1. The minimum absolute atomic E-state index is 0.101. The highest BCUT2D eigenvalue weighted by molar-refractivity contribution is 6.30. The summed E-state index contributed by atoms with van der Waals surface area (Å²) in [6.07, 6.45) is 4.83. The van der Waals surface area contributed by atoms with Crippen LogP contribution in [0.15, 0.2) is 18.3 Å². The highest BCUT2D eigenvalue weighted by atomic mass is 35.5. The molecule has 2 unspecified atom stereocenters. The number of nitrogens with zero attached hydrogens (tertiary/aromatic N) is 1. The van der Waals surface area contributed by atoms with Gasteiger partial charge in [0.15, 0.2) is 0 Å². The molecule has 2 rings (SSSR count). The summed E-state index contributed by atoms with van der Waals surface area (Å²) in [4.78, 5) is 15.8. The number of nitrogens with one attached hydrogen (secondary N) is 1. The summed E-state index contributed by atoms with van der Waals surface area (Å²) in [6, 6.07) is 3.64. The molecule has 1 aromatic rings. The Morgan fingerprint density at radius 2 is 2.31 bits per heavy atom. The number of hydrogen-bond acceptors (Lipinski definition) is 2. The van der Waals surface area contributed by atoms with Crippen molar-refractivity contribution in [3.8, 4) is 0 Å². The van der Waals surface area contributed by atoms with Gasteiger partial charge in [-0.15, -0.1) is 0 Å². The number of halogens is 1. The van der Waals surface area contributed by atoms with E-state index in [4.69, 9.17) is 11.6 Å². The van der Waals surface area contributed by atoms with Gasteiger partial charge in [-0.2, -0.15) is 0 Å². The zero-order valence-corrected chi connectivity index (χ0v) is 10.00. The first-order valence-electron chi connectivity index (χ1n) is 5.57. The van der Waals surface area contributed by atoms with Crippen LogP contribution in [0.1, 0.15) is 36.7 Å². The Kier molecular flexibility index (Phi) is 3.44. The molecule has 1 aliphatic carbocycles. The Morgan fingerprint density at radius 1 is 1.50 bits per heavy atom. The second-order valence-corrected chi connectivity index (χ2v) is 4.89. The molecule has 1 aliphatic rings. The van der Waals surface area contributed by atoms with Gasteiger partial charge >= 0.3 is 0 Å². The van der Waals surface area contributed by atoms with Crippen molar-refractivity contribution in [3.63, 3.8) is 0 Å². The number of rotatable bonds is 2. The molecule has 1 amide bonds. The van der Waals surface area contributed by atoms with E-state index in [-0.39, 0.29) is 5.91 Å². The first kappa shape index (κ1) is 11.4. The van der Waals surface area contributed by atoms with Crippen molar-refractivity contribution in [2.45, 2.75) is 32.2 Å². The molecule has 4 heteroatoms. The van der Waals surface area contributed by atoms with Crippen molar-refractivity contribution in [2.24, 2.45) is 5.92 Å². The Bertz CT molecular complexity index is 377. The third kappa shape index (κ3) is 2.73. The zero-order valence-electron chi connectivity index (χ0n) is 9.24. The molecule has 86 valence electrons. The highest BCUT2D eigenvalue weighted by Crippen LogP contribution is 2.24. The third-order valence-electron chi connectivity index (χ3n) is 2.99. The summed E-state index contributed by atoms with van der Waals surface area (Å²) >= 11 is 5.71. The van der Waals surface area contributed by atoms with Crippen LogP contribution in [-0.2, 0) is 0 Å². The maximum atomic E-state index is 11.8. The zero-order chi connectivity index (χ0) is 11.5. The summed E-state index contributed by atoms with van der Waals surface area (Å²) in [7, 11) is 0. The topological polar surface area (TPSA) is 42.0 Å². The Hall–Kier alpha value is -1.09.